The molecule has 0 radical (unpaired) electrons. The van der Waals surface area contributed by atoms with Gasteiger partial charge in [-0.3, -0.25) is 9.20 Å². The fourth-order valence-corrected chi connectivity index (χ4v) is 4.52. The molecule has 4 rings (SSSR count). The number of hydrogen-bond acceptors (Lipinski definition) is 3. The van der Waals surface area contributed by atoms with Crippen LogP contribution < -0.4 is 5.32 Å². The van der Waals surface area contributed by atoms with Gasteiger partial charge in [0, 0.05) is 44.1 Å². The second kappa shape index (κ2) is 10.9. The summed E-state index contributed by atoms with van der Waals surface area (Å²) in [6, 6.07) is 16.9. The van der Waals surface area contributed by atoms with Crippen LogP contribution in [0.2, 0.25) is 10.0 Å². The third-order valence-electron chi connectivity index (χ3n) is 5.29. The summed E-state index contributed by atoms with van der Waals surface area (Å²) in [6.45, 7) is 0.714. The first-order valence-corrected chi connectivity index (χ1v) is 12.4. The second-order valence-corrected chi connectivity index (χ2v) is 9.75. The molecule has 0 aliphatic rings. The zero-order chi connectivity index (χ0) is 23.4. The Morgan fingerprint density at radius 2 is 1.61 bits per heavy atom. The second-order valence-electron chi connectivity index (χ2n) is 7.63. The monoisotopic (exact) mass is 593 g/mol. The van der Waals surface area contributed by atoms with E-state index in [1.54, 1.807) is 0 Å². The molecule has 2 heterocycles. The van der Waals surface area contributed by atoms with Gasteiger partial charge in [-0.25, -0.2) is 4.98 Å². The first kappa shape index (κ1) is 24.0. The highest BCUT2D eigenvalue weighted by atomic mass is 127. The number of unbranched alkanes of at least 4 members (excludes halogenated alkanes) is 2. The molecule has 1 amide bonds. The highest BCUT2D eigenvalue weighted by Crippen LogP contribution is 2.35. The van der Waals surface area contributed by atoms with Crippen molar-refractivity contribution in [3.63, 3.8) is 0 Å². The van der Waals surface area contributed by atoms with Gasteiger partial charge in [-0.2, -0.15) is 0 Å². The normalized spacial score (nSPS) is 11.2. The number of benzene rings is 2. The number of halogens is 3. The molecule has 0 saturated carbocycles. The van der Waals surface area contributed by atoms with Gasteiger partial charge < -0.3 is 10.4 Å². The van der Waals surface area contributed by atoms with Crippen molar-refractivity contribution in [1.29, 1.82) is 0 Å². The van der Waals surface area contributed by atoms with Crippen LogP contribution in [0.5, 0.6) is 0 Å². The van der Waals surface area contributed by atoms with E-state index in [1.165, 1.54) is 0 Å². The first-order chi connectivity index (χ1) is 16.0. The highest BCUT2D eigenvalue weighted by Gasteiger charge is 2.21. The summed E-state index contributed by atoms with van der Waals surface area (Å²) < 4.78 is 2.89. The number of aromatic nitrogens is 2. The molecule has 0 atom stereocenters. The Morgan fingerprint density at radius 3 is 2.24 bits per heavy atom. The van der Waals surface area contributed by atoms with Crippen LogP contribution >= 0.6 is 45.8 Å². The molecule has 2 aromatic heterocycles. The Kier molecular flexibility index (Phi) is 7.90. The van der Waals surface area contributed by atoms with Crippen molar-refractivity contribution in [3.8, 4) is 22.5 Å². The molecule has 2 aromatic carbocycles. The number of nitrogens with zero attached hydrogens (tertiary/aromatic N) is 2. The number of aliphatic hydroxyl groups excluding tert-OH is 1. The van der Waals surface area contributed by atoms with Crippen molar-refractivity contribution in [2.24, 2.45) is 0 Å². The van der Waals surface area contributed by atoms with Gasteiger partial charge in [0.15, 0.2) is 5.65 Å². The van der Waals surface area contributed by atoms with Crippen molar-refractivity contribution >= 4 is 57.3 Å². The van der Waals surface area contributed by atoms with E-state index in [0.29, 0.717) is 27.8 Å². The quantitative estimate of drug-likeness (QED) is 0.182. The summed E-state index contributed by atoms with van der Waals surface area (Å²) in [5, 5.41) is 13.2. The van der Waals surface area contributed by atoms with Gasteiger partial charge in [0.2, 0.25) is 0 Å². The summed E-state index contributed by atoms with van der Waals surface area (Å²) in [5.41, 5.74) is 4.57. The molecule has 0 saturated heterocycles. The zero-order valence-electron chi connectivity index (χ0n) is 17.7. The van der Waals surface area contributed by atoms with E-state index >= 15 is 0 Å². The van der Waals surface area contributed by atoms with E-state index in [4.69, 9.17) is 33.3 Å². The minimum absolute atomic E-state index is 0.167. The van der Waals surface area contributed by atoms with Crippen molar-refractivity contribution in [2.75, 3.05) is 13.2 Å². The lowest BCUT2D eigenvalue weighted by Crippen LogP contribution is -2.25. The Balaban J connectivity index is 1.83. The number of pyridine rings is 1. The van der Waals surface area contributed by atoms with Gasteiger partial charge in [0.25, 0.3) is 5.91 Å². The Labute approximate surface area is 215 Å². The van der Waals surface area contributed by atoms with E-state index in [9.17, 15) is 4.79 Å². The van der Waals surface area contributed by atoms with E-state index in [1.807, 2.05) is 65.2 Å². The van der Waals surface area contributed by atoms with Gasteiger partial charge in [-0.05, 0) is 72.2 Å². The van der Waals surface area contributed by atoms with Crippen LogP contribution in [0.1, 0.15) is 29.6 Å². The van der Waals surface area contributed by atoms with E-state index < -0.39 is 0 Å². The summed E-state index contributed by atoms with van der Waals surface area (Å²) in [6.07, 6.45) is 4.39. The van der Waals surface area contributed by atoms with Gasteiger partial charge in [-0.1, -0.05) is 47.5 Å². The predicted octanol–water partition coefficient (Wildman–Crippen LogP) is 6.47. The SMILES string of the molecule is O=C(NCCCCCO)c1cc(I)cn2c(-c3ccc(Cl)cc3)c(-c3ccc(Cl)cc3)nc12. The minimum atomic E-state index is -0.169. The topological polar surface area (TPSA) is 66.6 Å². The van der Waals surface area contributed by atoms with E-state index in [0.717, 1.165) is 45.3 Å². The van der Waals surface area contributed by atoms with Crippen LogP contribution in [0.3, 0.4) is 0 Å². The smallest absolute Gasteiger partial charge is 0.255 e. The molecule has 0 aliphatic heterocycles. The Morgan fingerprint density at radius 1 is 0.970 bits per heavy atom. The number of carbonyl (C=O) groups is 1. The molecule has 0 aliphatic carbocycles. The number of amides is 1. The van der Waals surface area contributed by atoms with Crippen LogP contribution in [-0.4, -0.2) is 33.6 Å². The van der Waals surface area contributed by atoms with Gasteiger partial charge in [0.05, 0.1) is 17.0 Å². The number of hydrogen-bond donors (Lipinski definition) is 2. The van der Waals surface area contributed by atoms with Crippen molar-refractivity contribution in [3.05, 3.63) is 80.0 Å². The summed E-state index contributed by atoms with van der Waals surface area (Å²) >= 11 is 14.5. The summed E-state index contributed by atoms with van der Waals surface area (Å²) in [7, 11) is 0. The number of imidazole rings is 1. The predicted molar refractivity (Wildman–Crippen MR) is 142 cm³/mol. The number of fused-ring (bicyclic) bond motifs is 1. The van der Waals surface area contributed by atoms with Crippen LogP contribution in [0, 0.1) is 3.57 Å². The Hall–Kier alpha value is -2.13. The maximum absolute atomic E-state index is 13.1. The molecule has 0 fully saturated rings. The third-order valence-corrected chi connectivity index (χ3v) is 6.38. The molecular weight excluding hydrogens is 572 g/mol. The fourth-order valence-electron chi connectivity index (χ4n) is 3.68. The molecule has 8 heteroatoms. The van der Waals surface area contributed by atoms with Crippen LogP contribution in [0.15, 0.2) is 60.8 Å². The van der Waals surface area contributed by atoms with Gasteiger partial charge >= 0.3 is 0 Å². The average Bonchev–Trinajstić information content (AvgIpc) is 3.18. The third kappa shape index (κ3) is 5.51. The Bertz CT molecular complexity index is 1270. The molecule has 0 unspecified atom stereocenters. The van der Waals surface area contributed by atoms with Crippen molar-refractivity contribution < 1.29 is 9.90 Å². The first-order valence-electron chi connectivity index (χ1n) is 10.6. The summed E-state index contributed by atoms with van der Waals surface area (Å²) in [5.74, 6) is -0.169. The zero-order valence-corrected chi connectivity index (χ0v) is 21.4. The van der Waals surface area contributed by atoms with Gasteiger partial charge in [0.1, 0.15) is 0 Å². The average molecular weight is 594 g/mol. The molecule has 0 bridgehead atoms. The number of rotatable bonds is 8. The molecule has 170 valence electrons. The largest absolute Gasteiger partial charge is 0.396 e. The van der Waals surface area contributed by atoms with E-state index in [-0.39, 0.29) is 12.5 Å². The number of aliphatic hydroxyl groups is 1. The maximum Gasteiger partial charge on any atom is 0.255 e. The van der Waals surface area contributed by atoms with E-state index in [2.05, 4.69) is 27.9 Å². The van der Waals surface area contributed by atoms with Gasteiger partial charge in [-0.15, -0.1) is 0 Å². The molecule has 2 N–H and O–H groups in total. The van der Waals surface area contributed by atoms with Crippen molar-refractivity contribution in [1.82, 2.24) is 14.7 Å². The summed E-state index contributed by atoms with van der Waals surface area (Å²) in [4.78, 5) is 18.0. The standard InChI is InChI=1S/C25H22Cl2IN3O2/c26-18-8-4-16(5-9-18)22-23(17-6-10-19(27)11-7-17)31-15-20(28)14-21(24(31)30-22)25(33)29-12-2-1-3-13-32/h4-11,14-15,32H,1-3,12-13H2,(H,29,33). The molecular formula is C25H22Cl2IN3O2. The highest BCUT2D eigenvalue weighted by molar-refractivity contribution is 14.1. The van der Waals surface area contributed by atoms with Crippen LogP contribution in [0.4, 0.5) is 0 Å². The van der Waals surface area contributed by atoms with Crippen molar-refractivity contribution in [2.45, 2.75) is 19.3 Å². The maximum atomic E-state index is 13.1. The van der Waals surface area contributed by atoms with Crippen LogP contribution in [0.25, 0.3) is 28.2 Å². The number of carbonyl (C=O) groups excluding carboxylic acids is 1. The van der Waals surface area contributed by atoms with Crippen LogP contribution in [-0.2, 0) is 0 Å². The molecule has 0 spiro atoms. The lowest BCUT2D eigenvalue weighted by Gasteiger charge is -2.09. The lowest BCUT2D eigenvalue weighted by atomic mass is 10.0. The molecule has 33 heavy (non-hydrogen) atoms. The molecule has 5 nitrogen and oxygen atoms in total. The lowest BCUT2D eigenvalue weighted by molar-refractivity contribution is 0.0954. The fraction of sp³-hybridized carbons (Fsp3) is 0.200. The molecule has 4 aromatic rings. The minimum Gasteiger partial charge on any atom is -0.396 e. The number of nitrogens with one attached hydrogen (secondary N) is 1.